The number of thiazole rings is 1. The molecular weight excluding hydrogens is 470 g/mol. The fourth-order valence-corrected chi connectivity index (χ4v) is 5.85. The molecule has 7 nitrogen and oxygen atoms in total. The van der Waals surface area contributed by atoms with Crippen LogP contribution in [0, 0.1) is 6.92 Å². The number of ether oxygens (including phenoxy) is 1. The third kappa shape index (κ3) is 4.70. The average molecular weight is 500 g/mol. The van der Waals surface area contributed by atoms with Crippen LogP contribution in [0.1, 0.15) is 86.2 Å². The molecular formula is C25H30ClN5O2S. The molecule has 2 aliphatic rings. The summed E-state index contributed by atoms with van der Waals surface area (Å²) in [5, 5.41) is 13.2. The average Bonchev–Trinajstić information content (AvgIpc) is 3.35. The van der Waals surface area contributed by atoms with E-state index in [4.69, 9.17) is 21.3 Å². The lowest BCUT2D eigenvalue weighted by molar-refractivity contribution is 0.0214. The van der Waals surface area contributed by atoms with Crippen molar-refractivity contribution in [1.82, 2.24) is 24.6 Å². The lowest BCUT2D eigenvalue weighted by atomic mass is 9.80. The van der Waals surface area contributed by atoms with E-state index in [0.29, 0.717) is 29.9 Å². The SMILES string of the molecule is Cc1nc(C2CCC(c3nnc4n3-c3ccc(Cl)cc3CN(C(=O)OC(C)(C)C)C4)CC2)cs1. The standard InChI is InChI=1S/C25H30ClN5O2S/c1-15-27-20(14-34-15)16-5-7-17(8-6-16)23-29-28-22-13-30(24(32)33-25(2,3)4)12-18-11-19(26)9-10-21(18)31(22)23/h9-11,14,16-17H,5-8,12-13H2,1-4H3. The zero-order valence-corrected chi connectivity index (χ0v) is 21.6. The summed E-state index contributed by atoms with van der Waals surface area (Å²) in [4.78, 5) is 19.4. The number of amides is 1. The molecule has 2 aromatic heterocycles. The number of halogens is 1. The minimum absolute atomic E-state index is 0.314. The minimum Gasteiger partial charge on any atom is -0.444 e. The maximum absolute atomic E-state index is 13.0. The van der Waals surface area contributed by atoms with Gasteiger partial charge in [-0.25, -0.2) is 9.78 Å². The fourth-order valence-electron chi connectivity index (χ4n) is 4.96. The smallest absolute Gasteiger partial charge is 0.411 e. The van der Waals surface area contributed by atoms with Crippen LogP contribution in [0.4, 0.5) is 4.79 Å². The van der Waals surface area contributed by atoms with Crippen LogP contribution in [0.2, 0.25) is 5.02 Å². The molecule has 1 amide bonds. The molecule has 0 radical (unpaired) electrons. The van der Waals surface area contributed by atoms with E-state index in [1.54, 1.807) is 16.2 Å². The second-order valence-electron chi connectivity index (χ2n) is 10.3. The van der Waals surface area contributed by atoms with E-state index in [1.165, 1.54) is 5.69 Å². The number of hydrogen-bond acceptors (Lipinski definition) is 6. The van der Waals surface area contributed by atoms with Crippen molar-refractivity contribution in [3.8, 4) is 5.69 Å². The van der Waals surface area contributed by atoms with E-state index >= 15 is 0 Å². The van der Waals surface area contributed by atoms with Gasteiger partial charge in [0.05, 0.1) is 29.5 Å². The van der Waals surface area contributed by atoms with Crippen molar-refractivity contribution < 1.29 is 9.53 Å². The van der Waals surface area contributed by atoms with Crippen LogP contribution in [0.25, 0.3) is 5.69 Å². The number of aryl methyl sites for hydroxylation is 1. The summed E-state index contributed by atoms with van der Waals surface area (Å²) in [6.45, 7) is 8.42. The number of carbonyl (C=O) groups is 1. The number of hydrogen-bond donors (Lipinski definition) is 0. The van der Waals surface area contributed by atoms with Crippen molar-refractivity contribution in [2.24, 2.45) is 0 Å². The number of fused-ring (bicyclic) bond motifs is 3. The zero-order chi connectivity index (χ0) is 24.0. The molecule has 1 aliphatic carbocycles. The first-order chi connectivity index (χ1) is 16.2. The lowest BCUT2D eigenvalue weighted by Gasteiger charge is -2.27. The topological polar surface area (TPSA) is 73.1 Å². The molecule has 3 heterocycles. The van der Waals surface area contributed by atoms with Gasteiger partial charge in [0, 0.05) is 22.2 Å². The Hall–Kier alpha value is -2.45. The number of rotatable bonds is 2. The first-order valence-corrected chi connectivity index (χ1v) is 13.1. The molecule has 1 aromatic carbocycles. The van der Waals surface area contributed by atoms with Crippen LogP contribution < -0.4 is 0 Å². The van der Waals surface area contributed by atoms with Gasteiger partial charge in [-0.15, -0.1) is 21.5 Å². The van der Waals surface area contributed by atoms with Gasteiger partial charge in [-0.05, 0) is 77.1 Å². The molecule has 0 bridgehead atoms. The summed E-state index contributed by atoms with van der Waals surface area (Å²) in [5.74, 6) is 2.55. The monoisotopic (exact) mass is 499 g/mol. The number of nitrogens with zero attached hydrogens (tertiary/aromatic N) is 5. The summed E-state index contributed by atoms with van der Waals surface area (Å²) >= 11 is 8.07. The number of benzene rings is 1. The van der Waals surface area contributed by atoms with Gasteiger partial charge in [0.15, 0.2) is 5.82 Å². The van der Waals surface area contributed by atoms with Crippen molar-refractivity contribution in [1.29, 1.82) is 0 Å². The predicted octanol–water partition coefficient (Wildman–Crippen LogP) is 6.38. The van der Waals surface area contributed by atoms with Crippen molar-refractivity contribution >= 4 is 29.0 Å². The quantitative estimate of drug-likeness (QED) is 0.409. The van der Waals surface area contributed by atoms with Crippen molar-refractivity contribution in [2.45, 2.75) is 83.9 Å². The predicted molar refractivity (Wildman–Crippen MR) is 133 cm³/mol. The van der Waals surface area contributed by atoms with Gasteiger partial charge < -0.3 is 4.74 Å². The highest BCUT2D eigenvalue weighted by Gasteiger charge is 2.33. The Bertz CT molecular complexity index is 1210. The highest BCUT2D eigenvalue weighted by molar-refractivity contribution is 7.09. The van der Waals surface area contributed by atoms with Crippen molar-refractivity contribution in [3.63, 3.8) is 0 Å². The number of carbonyl (C=O) groups excluding carboxylic acids is 1. The molecule has 180 valence electrons. The van der Waals surface area contributed by atoms with Crippen LogP contribution in [0.15, 0.2) is 23.6 Å². The summed E-state index contributed by atoms with van der Waals surface area (Å²) in [6.07, 6.45) is 3.90. The molecule has 5 rings (SSSR count). The maximum atomic E-state index is 13.0. The molecule has 0 saturated heterocycles. The third-order valence-electron chi connectivity index (χ3n) is 6.53. The van der Waals surface area contributed by atoms with Crippen molar-refractivity contribution in [3.05, 3.63) is 56.5 Å². The van der Waals surface area contributed by atoms with Gasteiger partial charge in [-0.1, -0.05) is 11.6 Å². The van der Waals surface area contributed by atoms with Gasteiger partial charge >= 0.3 is 6.09 Å². The molecule has 1 aliphatic heterocycles. The largest absolute Gasteiger partial charge is 0.444 e. The van der Waals surface area contributed by atoms with Crippen LogP contribution in [-0.2, 0) is 17.8 Å². The van der Waals surface area contributed by atoms with E-state index in [1.807, 2.05) is 39.0 Å². The Labute approximate surface area is 209 Å². The van der Waals surface area contributed by atoms with Gasteiger partial charge in [0.2, 0.25) is 0 Å². The summed E-state index contributed by atoms with van der Waals surface area (Å²) in [7, 11) is 0. The maximum Gasteiger partial charge on any atom is 0.411 e. The second-order valence-corrected chi connectivity index (χ2v) is 11.8. The molecule has 0 atom stereocenters. The molecule has 34 heavy (non-hydrogen) atoms. The molecule has 9 heteroatoms. The Morgan fingerprint density at radius 2 is 1.85 bits per heavy atom. The van der Waals surface area contributed by atoms with E-state index in [-0.39, 0.29) is 6.09 Å². The first kappa shape index (κ1) is 23.3. The van der Waals surface area contributed by atoms with Crippen LogP contribution in [0.3, 0.4) is 0 Å². The Morgan fingerprint density at radius 3 is 2.53 bits per heavy atom. The number of aromatic nitrogens is 4. The van der Waals surface area contributed by atoms with E-state index in [0.717, 1.165) is 53.6 Å². The van der Waals surface area contributed by atoms with E-state index in [2.05, 4.69) is 27.1 Å². The molecule has 0 N–H and O–H groups in total. The summed E-state index contributed by atoms with van der Waals surface area (Å²) in [6, 6.07) is 5.82. The van der Waals surface area contributed by atoms with E-state index in [9.17, 15) is 4.79 Å². The van der Waals surface area contributed by atoms with Gasteiger partial charge in [-0.3, -0.25) is 9.47 Å². The van der Waals surface area contributed by atoms with Gasteiger partial charge in [0.1, 0.15) is 11.4 Å². The van der Waals surface area contributed by atoms with Crippen LogP contribution in [0.5, 0.6) is 0 Å². The Morgan fingerprint density at radius 1 is 1.12 bits per heavy atom. The summed E-state index contributed by atoms with van der Waals surface area (Å²) in [5.41, 5.74) is 2.61. The second kappa shape index (κ2) is 8.96. The van der Waals surface area contributed by atoms with Crippen molar-refractivity contribution in [2.75, 3.05) is 0 Å². The highest BCUT2D eigenvalue weighted by Crippen LogP contribution is 2.41. The minimum atomic E-state index is -0.576. The molecule has 1 saturated carbocycles. The molecule has 0 spiro atoms. The van der Waals surface area contributed by atoms with Crippen LogP contribution in [-0.4, -0.2) is 36.3 Å². The fraction of sp³-hybridized carbons (Fsp3) is 0.520. The zero-order valence-electron chi connectivity index (χ0n) is 20.0. The Balaban J connectivity index is 1.44. The van der Waals surface area contributed by atoms with E-state index < -0.39 is 5.60 Å². The normalized spacial score (nSPS) is 20.4. The molecule has 0 unspecified atom stereocenters. The molecule has 1 fully saturated rings. The van der Waals surface area contributed by atoms with Gasteiger partial charge in [0.25, 0.3) is 0 Å². The lowest BCUT2D eigenvalue weighted by Crippen LogP contribution is -2.35. The highest BCUT2D eigenvalue weighted by atomic mass is 35.5. The third-order valence-corrected chi connectivity index (χ3v) is 7.56. The van der Waals surface area contributed by atoms with Crippen LogP contribution >= 0.6 is 22.9 Å². The first-order valence-electron chi connectivity index (χ1n) is 11.8. The Kier molecular flexibility index (Phi) is 6.14. The van der Waals surface area contributed by atoms with Gasteiger partial charge in [-0.2, -0.15) is 0 Å². The molecule has 3 aromatic rings. The summed E-state index contributed by atoms with van der Waals surface area (Å²) < 4.78 is 7.81.